The molecule has 5 heteroatoms. The molecule has 1 aliphatic heterocycles. The number of ether oxygens (including phenoxy) is 2. The summed E-state index contributed by atoms with van der Waals surface area (Å²) in [7, 11) is 5.52. The first kappa shape index (κ1) is 16.6. The molecule has 2 atom stereocenters. The van der Waals surface area contributed by atoms with Gasteiger partial charge in [0.2, 0.25) is 0 Å². The molecule has 4 nitrogen and oxygen atoms in total. The van der Waals surface area contributed by atoms with Gasteiger partial charge in [0.15, 0.2) is 11.5 Å². The zero-order chi connectivity index (χ0) is 15.4. The van der Waals surface area contributed by atoms with Crippen LogP contribution < -0.4 is 14.8 Å². The van der Waals surface area contributed by atoms with Gasteiger partial charge in [0.25, 0.3) is 0 Å². The molecule has 0 radical (unpaired) electrons. The highest BCUT2D eigenvalue weighted by atomic mass is 79.9. The van der Waals surface area contributed by atoms with E-state index >= 15 is 0 Å². The Kier molecular flexibility index (Phi) is 5.90. The number of likely N-dealkylation sites (tertiary alicyclic amines) is 1. The molecule has 1 aromatic rings. The Bertz CT molecular complexity index is 482. The fourth-order valence-corrected chi connectivity index (χ4v) is 3.22. The number of halogens is 1. The molecule has 1 aromatic carbocycles. The van der Waals surface area contributed by atoms with Crippen LogP contribution in [0.3, 0.4) is 0 Å². The second-order valence-electron chi connectivity index (χ2n) is 5.73. The lowest BCUT2D eigenvalue weighted by atomic mass is 9.98. The van der Waals surface area contributed by atoms with E-state index in [0.29, 0.717) is 12.1 Å². The van der Waals surface area contributed by atoms with Crippen molar-refractivity contribution in [2.24, 2.45) is 0 Å². The highest BCUT2D eigenvalue weighted by Gasteiger charge is 2.22. The molecule has 2 unspecified atom stereocenters. The predicted molar refractivity (Wildman–Crippen MR) is 89.2 cm³/mol. The summed E-state index contributed by atoms with van der Waals surface area (Å²) in [4.78, 5) is 2.42. The van der Waals surface area contributed by atoms with Crippen LogP contribution in [0.15, 0.2) is 16.6 Å². The fourth-order valence-electron chi connectivity index (χ4n) is 2.76. The third-order valence-corrected chi connectivity index (χ3v) is 5.08. The molecule has 1 saturated heterocycles. The van der Waals surface area contributed by atoms with Crippen LogP contribution in [0, 0.1) is 0 Å². The molecule has 118 valence electrons. The van der Waals surface area contributed by atoms with Crippen molar-refractivity contribution in [1.82, 2.24) is 10.2 Å². The second kappa shape index (κ2) is 7.47. The van der Waals surface area contributed by atoms with Crippen LogP contribution in [0.25, 0.3) is 0 Å². The number of hydrogen-bond donors (Lipinski definition) is 1. The third-order valence-electron chi connectivity index (χ3n) is 4.34. The minimum atomic E-state index is 0.580. The monoisotopic (exact) mass is 356 g/mol. The molecule has 0 saturated carbocycles. The molecule has 0 aliphatic carbocycles. The average molecular weight is 357 g/mol. The van der Waals surface area contributed by atoms with E-state index in [4.69, 9.17) is 9.47 Å². The van der Waals surface area contributed by atoms with Crippen LogP contribution in [0.1, 0.15) is 25.3 Å². The summed E-state index contributed by atoms with van der Waals surface area (Å²) in [6.45, 7) is 4.29. The van der Waals surface area contributed by atoms with Crippen LogP contribution in [0.4, 0.5) is 0 Å². The number of piperidine rings is 1. The summed E-state index contributed by atoms with van der Waals surface area (Å²) in [6.07, 6.45) is 2.40. The number of nitrogens with zero attached hydrogens (tertiary/aromatic N) is 1. The zero-order valence-electron chi connectivity index (χ0n) is 13.3. The molecule has 1 N–H and O–H groups in total. The summed E-state index contributed by atoms with van der Waals surface area (Å²) < 4.78 is 11.7. The quantitative estimate of drug-likeness (QED) is 0.878. The van der Waals surface area contributed by atoms with E-state index in [-0.39, 0.29) is 0 Å². The van der Waals surface area contributed by atoms with Crippen molar-refractivity contribution in [3.05, 3.63) is 22.2 Å². The minimum Gasteiger partial charge on any atom is -0.493 e. The Balaban J connectivity index is 2.00. The van der Waals surface area contributed by atoms with Gasteiger partial charge in [-0.15, -0.1) is 0 Å². The lowest BCUT2D eigenvalue weighted by molar-refractivity contribution is 0.168. The molecular weight excluding hydrogens is 332 g/mol. The third kappa shape index (κ3) is 4.11. The van der Waals surface area contributed by atoms with Crippen molar-refractivity contribution in [2.75, 3.05) is 27.8 Å². The van der Waals surface area contributed by atoms with Crippen molar-refractivity contribution in [3.63, 3.8) is 0 Å². The minimum absolute atomic E-state index is 0.580. The number of hydrogen-bond acceptors (Lipinski definition) is 4. The van der Waals surface area contributed by atoms with Crippen LogP contribution >= 0.6 is 15.9 Å². The molecule has 21 heavy (non-hydrogen) atoms. The van der Waals surface area contributed by atoms with Gasteiger partial charge in [0.05, 0.1) is 14.2 Å². The van der Waals surface area contributed by atoms with Gasteiger partial charge < -0.3 is 19.7 Å². The van der Waals surface area contributed by atoms with E-state index in [1.807, 2.05) is 12.1 Å². The Labute approximate surface area is 135 Å². The highest BCUT2D eigenvalue weighted by molar-refractivity contribution is 9.10. The lowest BCUT2D eigenvalue weighted by Crippen LogP contribution is -2.45. The molecule has 0 aromatic heterocycles. The molecule has 0 bridgehead atoms. The molecule has 1 fully saturated rings. The van der Waals surface area contributed by atoms with E-state index in [0.717, 1.165) is 29.1 Å². The smallest absolute Gasteiger partial charge is 0.161 e. The van der Waals surface area contributed by atoms with Gasteiger partial charge in [-0.1, -0.05) is 15.9 Å². The van der Waals surface area contributed by atoms with Crippen molar-refractivity contribution in [3.8, 4) is 11.5 Å². The van der Waals surface area contributed by atoms with E-state index in [1.165, 1.54) is 18.4 Å². The summed E-state index contributed by atoms with van der Waals surface area (Å²) >= 11 is 3.61. The summed E-state index contributed by atoms with van der Waals surface area (Å²) in [5.41, 5.74) is 1.19. The zero-order valence-corrected chi connectivity index (χ0v) is 14.9. The van der Waals surface area contributed by atoms with Gasteiger partial charge in [-0.3, -0.25) is 0 Å². The van der Waals surface area contributed by atoms with Crippen molar-refractivity contribution >= 4 is 15.9 Å². The highest BCUT2D eigenvalue weighted by Crippen LogP contribution is 2.33. The number of nitrogens with one attached hydrogen (secondary N) is 1. The topological polar surface area (TPSA) is 33.7 Å². The van der Waals surface area contributed by atoms with Gasteiger partial charge in [-0.05, 0) is 51.1 Å². The Hall–Kier alpha value is -0.780. The maximum atomic E-state index is 5.37. The van der Waals surface area contributed by atoms with Crippen molar-refractivity contribution in [2.45, 2.75) is 38.4 Å². The Morgan fingerprint density at radius 1 is 1.29 bits per heavy atom. The van der Waals surface area contributed by atoms with E-state index in [9.17, 15) is 0 Å². The molecule has 1 aliphatic rings. The second-order valence-corrected chi connectivity index (χ2v) is 6.58. The van der Waals surface area contributed by atoms with E-state index < -0.39 is 0 Å². The van der Waals surface area contributed by atoms with Crippen LogP contribution in [-0.2, 0) is 6.54 Å². The largest absolute Gasteiger partial charge is 0.493 e. The lowest BCUT2D eigenvalue weighted by Gasteiger charge is -2.35. The predicted octanol–water partition coefficient (Wildman–Crippen LogP) is 3.04. The first-order valence-electron chi connectivity index (χ1n) is 7.39. The fraction of sp³-hybridized carbons (Fsp3) is 0.625. The van der Waals surface area contributed by atoms with Gasteiger partial charge in [0.1, 0.15) is 0 Å². The van der Waals surface area contributed by atoms with Crippen LogP contribution in [-0.4, -0.2) is 44.8 Å². The molecule has 2 rings (SSSR count). The average Bonchev–Trinajstić information content (AvgIpc) is 2.49. The number of rotatable bonds is 5. The van der Waals surface area contributed by atoms with Crippen molar-refractivity contribution in [1.29, 1.82) is 0 Å². The van der Waals surface area contributed by atoms with Crippen molar-refractivity contribution < 1.29 is 9.47 Å². The maximum absolute atomic E-state index is 5.37. The number of methoxy groups -OCH3 is 2. The van der Waals surface area contributed by atoms with E-state index in [2.05, 4.69) is 40.1 Å². The summed E-state index contributed by atoms with van der Waals surface area (Å²) in [5.74, 6) is 1.52. The first-order chi connectivity index (χ1) is 10.0. The SMILES string of the molecule is COc1cc(Br)c(CNC2CCN(C)C(C)C2)cc1OC. The van der Waals surface area contributed by atoms with Crippen LogP contribution in [0.5, 0.6) is 11.5 Å². The number of benzene rings is 1. The van der Waals surface area contributed by atoms with Gasteiger partial charge in [0, 0.05) is 23.1 Å². The summed E-state index contributed by atoms with van der Waals surface area (Å²) in [5, 5.41) is 3.67. The maximum Gasteiger partial charge on any atom is 0.161 e. The molecule has 0 amide bonds. The normalized spacial score (nSPS) is 23.1. The molecule has 0 spiro atoms. The Morgan fingerprint density at radius 2 is 1.95 bits per heavy atom. The van der Waals surface area contributed by atoms with Gasteiger partial charge >= 0.3 is 0 Å². The molecule has 1 heterocycles. The standard InChI is InChI=1S/C16H25BrN2O2/c1-11-7-13(5-6-19(11)2)18-10-12-8-15(20-3)16(21-4)9-14(12)17/h8-9,11,13,18H,5-7,10H2,1-4H3. The van der Waals surface area contributed by atoms with Gasteiger partial charge in [-0.2, -0.15) is 0 Å². The first-order valence-corrected chi connectivity index (χ1v) is 8.18. The van der Waals surface area contributed by atoms with E-state index in [1.54, 1.807) is 14.2 Å². The molecular formula is C16H25BrN2O2. The van der Waals surface area contributed by atoms with Gasteiger partial charge in [-0.25, -0.2) is 0 Å². The summed E-state index contributed by atoms with van der Waals surface area (Å²) in [6, 6.07) is 5.22. The van der Waals surface area contributed by atoms with Crippen LogP contribution in [0.2, 0.25) is 0 Å². The Morgan fingerprint density at radius 3 is 2.57 bits per heavy atom.